The van der Waals surface area contributed by atoms with Gasteiger partial charge in [0.15, 0.2) is 0 Å². The van der Waals surface area contributed by atoms with Crippen molar-refractivity contribution in [1.29, 1.82) is 0 Å². The molecule has 0 atom stereocenters. The fourth-order valence-corrected chi connectivity index (χ4v) is 13.2. The van der Waals surface area contributed by atoms with Gasteiger partial charge in [-0.2, -0.15) is 0 Å². The van der Waals surface area contributed by atoms with E-state index in [0.29, 0.717) is 31.6 Å². The number of benzene rings is 2. The minimum atomic E-state index is -4.15. The van der Waals surface area contributed by atoms with E-state index in [1.807, 2.05) is 48.6 Å². The number of rotatable bonds is 6. The van der Waals surface area contributed by atoms with Gasteiger partial charge in [-0.15, -0.1) is 0 Å². The third kappa shape index (κ3) is 4.27. The summed E-state index contributed by atoms with van der Waals surface area (Å²) in [6.07, 6.45) is 16.4. The Morgan fingerprint density at radius 2 is 0.966 bits per heavy atom. The summed E-state index contributed by atoms with van der Waals surface area (Å²) in [6.45, 7) is 0. The minimum absolute atomic E-state index is 0.00760. The summed E-state index contributed by atoms with van der Waals surface area (Å²) < 4.78 is 13.5. The standard InChI is InChI=1S/2C6H4Cl2O.2C5H5.Zr/c2*7-4-2-1-3-5(9)6(4)8;2*1-2-4-5-3-1;/h2*1-3,9H;2*1-5H;/q;;;;+2/p-2. The van der Waals surface area contributed by atoms with Gasteiger partial charge in [0.2, 0.25) is 0 Å². The molecule has 0 unspecified atom stereocenters. The second kappa shape index (κ2) is 9.04. The fourth-order valence-electron chi connectivity index (χ4n) is 3.38. The van der Waals surface area contributed by atoms with Crippen LogP contribution in [0, 0.1) is 0 Å². The molecular weight excluding hydrogens is 529 g/mol. The van der Waals surface area contributed by atoms with Crippen LogP contribution in [0.25, 0.3) is 0 Å². The summed E-state index contributed by atoms with van der Waals surface area (Å²) in [5.74, 6) is 1.02. The zero-order chi connectivity index (χ0) is 20.4. The van der Waals surface area contributed by atoms with Crippen LogP contribution in [0.2, 0.25) is 27.3 Å². The molecule has 2 nitrogen and oxygen atoms in total. The monoisotopic (exact) mass is 542 g/mol. The Bertz CT molecular complexity index is 938. The summed E-state index contributed by atoms with van der Waals surface area (Å²) >= 11 is 21.3. The van der Waals surface area contributed by atoms with Gasteiger partial charge in [-0.05, 0) is 0 Å². The topological polar surface area (TPSA) is 18.5 Å². The zero-order valence-electron chi connectivity index (χ0n) is 15.1. The summed E-state index contributed by atoms with van der Waals surface area (Å²) in [4.78, 5) is 0. The first-order valence-electron chi connectivity index (χ1n) is 8.97. The molecule has 0 radical (unpaired) electrons. The van der Waals surface area contributed by atoms with E-state index in [-0.39, 0.29) is 7.25 Å². The first-order chi connectivity index (χ1) is 14.0. The van der Waals surface area contributed by atoms with E-state index in [1.54, 1.807) is 12.1 Å². The van der Waals surface area contributed by atoms with Crippen molar-refractivity contribution in [3.63, 3.8) is 0 Å². The van der Waals surface area contributed by atoms with Gasteiger partial charge in [-0.25, -0.2) is 0 Å². The summed E-state index contributed by atoms with van der Waals surface area (Å²) in [7, 11) is 0. The summed E-state index contributed by atoms with van der Waals surface area (Å²) in [5, 5.41) is 1.60. The van der Waals surface area contributed by atoms with Crippen LogP contribution in [0.3, 0.4) is 0 Å². The second-order valence-electron chi connectivity index (χ2n) is 6.62. The van der Waals surface area contributed by atoms with Gasteiger partial charge in [-0.3, -0.25) is 0 Å². The Balaban J connectivity index is 1.86. The van der Waals surface area contributed by atoms with Crippen LogP contribution in [0.4, 0.5) is 0 Å². The summed E-state index contributed by atoms with van der Waals surface area (Å²) in [6, 6.07) is 10.7. The normalized spacial score (nSPS) is 16.1. The van der Waals surface area contributed by atoms with Gasteiger partial charge in [0, 0.05) is 0 Å². The summed E-state index contributed by atoms with van der Waals surface area (Å²) in [5.41, 5.74) is 0. The van der Waals surface area contributed by atoms with E-state index in [9.17, 15) is 0 Å². The average Bonchev–Trinajstić information content (AvgIpc) is 3.43. The van der Waals surface area contributed by atoms with Gasteiger partial charge >= 0.3 is 197 Å². The van der Waals surface area contributed by atoms with Gasteiger partial charge in [0.1, 0.15) is 0 Å². The Labute approximate surface area is 195 Å². The molecule has 4 rings (SSSR count). The van der Waals surface area contributed by atoms with Gasteiger partial charge in [-0.1, -0.05) is 0 Å². The molecule has 0 amide bonds. The SMILES string of the molecule is Clc1cccc([O][Zr]([O]c2cccc(Cl)c2Cl)([CH]2C=CC=C2)[CH]2C=CC=C2)c1Cl. The van der Waals surface area contributed by atoms with Crippen molar-refractivity contribution in [2.24, 2.45) is 0 Å². The van der Waals surface area contributed by atoms with Gasteiger partial charge in [0.05, 0.1) is 0 Å². The Hall–Kier alpha value is -0.957. The molecule has 0 heterocycles. The molecule has 0 saturated carbocycles. The molecule has 0 aromatic heterocycles. The van der Waals surface area contributed by atoms with Crippen molar-refractivity contribution in [2.45, 2.75) is 7.25 Å². The maximum atomic E-state index is 6.75. The molecule has 0 bridgehead atoms. The van der Waals surface area contributed by atoms with Crippen molar-refractivity contribution >= 4 is 46.4 Å². The zero-order valence-corrected chi connectivity index (χ0v) is 20.5. The molecule has 0 aliphatic heterocycles. The molecular formula is C22H16Cl4O2Zr. The molecule has 0 saturated heterocycles. The molecule has 2 aromatic rings. The Morgan fingerprint density at radius 3 is 1.34 bits per heavy atom. The van der Waals surface area contributed by atoms with E-state index in [1.165, 1.54) is 0 Å². The van der Waals surface area contributed by atoms with Crippen molar-refractivity contribution in [3.05, 3.63) is 105 Å². The molecule has 0 spiro atoms. The van der Waals surface area contributed by atoms with Crippen LogP contribution in [0.15, 0.2) is 85.0 Å². The quantitative estimate of drug-likeness (QED) is 0.362. The first-order valence-corrected chi connectivity index (χ1v) is 15.3. The van der Waals surface area contributed by atoms with E-state index >= 15 is 0 Å². The van der Waals surface area contributed by atoms with Crippen LogP contribution in [-0.2, 0) is 21.1 Å². The van der Waals surface area contributed by atoms with E-state index < -0.39 is 21.1 Å². The van der Waals surface area contributed by atoms with Crippen molar-refractivity contribution < 1.29 is 26.8 Å². The van der Waals surface area contributed by atoms with Crippen LogP contribution in [0.5, 0.6) is 11.5 Å². The van der Waals surface area contributed by atoms with Crippen molar-refractivity contribution in [1.82, 2.24) is 0 Å². The van der Waals surface area contributed by atoms with Gasteiger partial charge < -0.3 is 0 Å². The molecule has 7 heteroatoms. The molecule has 29 heavy (non-hydrogen) atoms. The van der Waals surface area contributed by atoms with E-state index in [4.69, 9.17) is 52.0 Å². The first kappa shape index (κ1) is 21.3. The van der Waals surface area contributed by atoms with Crippen LogP contribution in [0.1, 0.15) is 0 Å². The molecule has 2 aliphatic rings. The molecule has 0 fully saturated rings. The Kier molecular flexibility index (Phi) is 6.63. The van der Waals surface area contributed by atoms with Crippen molar-refractivity contribution in [3.8, 4) is 11.5 Å². The van der Waals surface area contributed by atoms with E-state index in [0.717, 1.165) is 0 Å². The average molecular weight is 545 g/mol. The second-order valence-corrected chi connectivity index (χ2v) is 16.0. The molecule has 0 N–H and O–H groups in total. The molecule has 2 aromatic carbocycles. The van der Waals surface area contributed by atoms with Crippen LogP contribution < -0.4 is 5.63 Å². The van der Waals surface area contributed by atoms with Gasteiger partial charge in [0.25, 0.3) is 0 Å². The number of halogens is 4. The predicted octanol–water partition coefficient (Wildman–Crippen LogP) is 8.57. The third-order valence-corrected chi connectivity index (χ3v) is 15.5. The number of hydrogen-bond acceptors (Lipinski definition) is 2. The third-order valence-electron chi connectivity index (χ3n) is 4.80. The molecule has 148 valence electrons. The predicted molar refractivity (Wildman–Crippen MR) is 118 cm³/mol. The Morgan fingerprint density at radius 1 is 0.586 bits per heavy atom. The fraction of sp³-hybridized carbons (Fsp3) is 0.0909. The molecule has 2 aliphatic carbocycles. The van der Waals surface area contributed by atoms with E-state index in [2.05, 4.69) is 24.3 Å². The van der Waals surface area contributed by atoms with Crippen molar-refractivity contribution in [2.75, 3.05) is 0 Å². The number of hydrogen-bond donors (Lipinski definition) is 0. The van der Waals surface area contributed by atoms with Crippen LogP contribution in [-0.4, -0.2) is 0 Å². The maximum absolute atomic E-state index is 6.75. The van der Waals surface area contributed by atoms with Crippen LogP contribution >= 0.6 is 46.4 Å². The number of allylic oxidation sites excluding steroid dienone is 8.